The number of carbonyl (C=O) groups is 1. The van der Waals surface area contributed by atoms with Crippen LogP contribution in [-0.2, 0) is 0 Å². The minimum Gasteiger partial charge on any atom is -0.455 e. The van der Waals surface area contributed by atoms with Crippen molar-refractivity contribution < 1.29 is 9.53 Å². The maximum absolute atomic E-state index is 11.8. The van der Waals surface area contributed by atoms with E-state index in [1.54, 1.807) is 32.3 Å². The molecule has 1 amide bonds. The molecule has 5 nitrogen and oxygen atoms in total. The molecular formula is C15H17N3O2. The standard InChI is InChI=1S/C15H17N3O2/c1-10-4-5-14(12(16)8-10)20-11-6-7-17-13(9-11)15(19)18(2)3/h4-9H,16H2,1-3H3. The zero-order valence-electron chi connectivity index (χ0n) is 11.8. The van der Waals surface area contributed by atoms with Crippen molar-refractivity contribution >= 4 is 11.6 Å². The molecule has 1 heterocycles. The van der Waals surface area contributed by atoms with Crippen molar-refractivity contribution in [2.45, 2.75) is 6.92 Å². The number of ether oxygens (including phenoxy) is 1. The van der Waals surface area contributed by atoms with E-state index in [1.165, 1.54) is 11.1 Å². The summed E-state index contributed by atoms with van der Waals surface area (Å²) in [5.41, 5.74) is 7.85. The number of hydrogen-bond acceptors (Lipinski definition) is 4. The summed E-state index contributed by atoms with van der Waals surface area (Å²) in [7, 11) is 3.35. The Morgan fingerprint density at radius 3 is 2.65 bits per heavy atom. The molecule has 0 spiro atoms. The number of nitrogens with zero attached hydrogens (tertiary/aromatic N) is 2. The zero-order valence-corrected chi connectivity index (χ0v) is 11.8. The third kappa shape index (κ3) is 3.06. The lowest BCUT2D eigenvalue weighted by molar-refractivity contribution is 0.0821. The van der Waals surface area contributed by atoms with Crippen molar-refractivity contribution in [2.75, 3.05) is 19.8 Å². The van der Waals surface area contributed by atoms with E-state index in [0.29, 0.717) is 22.9 Å². The highest BCUT2D eigenvalue weighted by Gasteiger charge is 2.11. The van der Waals surface area contributed by atoms with Gasteiger partial charge in [0.15, 0.2) is 0 Å². The molecule has 0 aliphatic rings. The Bertz CT molecular complexity index is 639. The second kappa shape index (κ2) is 5.61. The normalized spacial score (nSPS) is 10.2. The van der Waals surface area contributed by atoms with Crippen LogP contribution in [-0.4, -0.2) is 29.9 Å². The summed E-state index contributed by atoms with van der Waals surface area (Å²) in [5.74, 6) is 0.915. The fraction of sp³-hybridized carbons (Fsp3) is 0.200. The smallest absolute Gasteiger partial charge is 0.272 e. The van der Waals surface area contributed by atoms with Crippen molar-refractivity contribution in [2.24, 2.45) is 0 Å². The Morgan fingerprint density at radius 2 is 2.00 bits per heavy atom. The topological polar surface area (TPSA) is 68.5 Å². The molecule has 0 fully saturated rings. The Hall–Kier alpha value is -2.56. The van der Waals surface area contributed by atoms with Gasteiger partial charge in [-0.05, 0) is 30.7 Å². The largest absolute Gasteiger partial charge is 0.455 e. The Balaban J connectivity index is 2.26. The molecule has 2 N–H and O–H groups in total. The molecule has 1 aromatic heterocycles. The fourth-order valence-corrected chi connectivity index (χ4v) is 1.71. The number of nitrogen functional groups attached to an aromatic ring is 1. The van der Waals surface area contributed by atoms with Gasteiger partial charge < -0.3 is 15.4 Å². The van der Waals surface area contributed by atoms with Crippen LogP contribution in [0.4, 0.5) is 5.69 Å². The van der Waals surface area contributed by atoms with Crippen LogP contribution in [0.1, 0.15) is 16.1 Å². The van der Waals surface area contributed by atoms with Crippen LogP contribution in [0.5, 0.6) is 11.5 Å². The van der Waals surface area contributed by atoms with Gasteiger partial charge in [-0.3, -0.25) is 9.78 Å². The molecule has 0 unspecified atom stereocenters. The monoisotopic (exact) mass is 271 g/mol. The third-order valence-corrected chi connectivity index (χ3v) is 2.75. The quantitative estimate of drug-likeness (QED) is 0.871. The lowest BCUT2D eigenvalue weighted by Gasteiger charge is -2.12. The summed E-state index contributed by atoms with van der Waals surface area (Å²) in [5, 5.41) is 0. The van der Waals surface area contributed by atoms with Crippen molar-refractivity contribution in [3.05, 3.63) is 47.8 Å². The number of aromatic nitrogens is 1. The minimum absolute atomic E-state index is 0.174. The maximum atomic E-state index is 11.8. The molecule has 0 atom stereocenters. The lowest BCUT2D eigenvalue weighted by atomic mass is 10.2. The van der Waals surface area contributed by atoms with Gasteiger partial charge in [-0.2, -0.15) is 0 Å². The minimum atomic E-state index is -0.174. The van der Waals surface area contributed by atoms with Gasteiger partial charge in [-0.25, -0.2) is 0 Å². The molecule has 2 rings (SSSR count). The number of nitrogens with two attached hydrogens (primary N) is 1. The molecule has 5 heteroatoms. The van der Waals surface area contributed by atoms with Gasteiger partial charge >= 0.3 is 0 Å². The first kappa shape index (κ1) is 13.9. The summed E-state index contributed by atoms with van der Waals surface area (Å²) in [4.78, 5) is 17.3. The molecule has 0 aliphatic carbocycles. The van der Waals surface area contributed by atoms with E-state index in [0.717, 1.165) is 5.56 Å². The number of benzene rings is 1. The Labute approximate surface area is 118 Å². The summed E-state index contributed by atoms with van der Waals surface area (Å²) in [6.45, 7) is 1.96. The van der Waals surface area contributed by atoms with Gasteiger partial charge in [0.25, 0.3) is 5.91 Å². The average molecular weight is 271 g/mol. The van der Waals surface area contributed by atoms with Crippen LogP contribution in [0.2, 0.25) is 0 Å². The molecule has 1 aromatic carbocycles. The van der Waals surface area contributed by atoms with E-state index < -0.39 is 0 Å². The first-order valence-electron chi connectivity index (χ1n) is 6.19. The maximum Gasteiger partial charge on any atom is 0.272 e. The number of aryl methyl sites for hydroxylation is 1. The third-order valence-electron chi connectivity index (χ3n) is 2.75. The van der Waals surface area contributed by atoms with Gasteiger partial charge in [-0.1, -0.05) is 6.07 Å². The molecular weight excluding hydrogens is 254 g/mol. The summed E-state index contributed by atoms with van der Waals surface area (Å²) in [6, 6.07) is 8.84. The summed E-state index contributed by atoms with van der Waals surface area (Å²) >= 11 is 0. The van der Waals surface area contributed by atoms with Gasteiger partial charge in [0, 0.05) is 26.4 Å². The number of anilines is 1. The second-order valence-electron chi connectivity index (χ2n) is 4.72. The van der Waals surface area contributed by atoms with Crippen LogP contribution in [0.3, 0.4) is 0 Å². The first-order valence-corrected chi connectivity index (χ1v) is 6.19. The predicted molar refractivity (Wildman–Crippen MR) is 77.9 cm³/mol. The van der Waals surface area contributed by atoms with Crippen LogP contribution in [0.25, 0.3) is 0 Å². The fourth-order valence-electron chi connectivity index (χ4n) is 1.71. The zero-order chi connectivity index (χ0) is 14.7. The van der Waals surface area contributed by atoms with Crippen molar-refractivity contribution in [1.82, 2.24) is 9.88 Å². The lowest BCUT2D eigenvalue weighted by Crippen LogP contribution is -2.22. The number of carbonyl (C=O) groups excluding carboxylic acids is 1. The molecule has 20 heavy (non-hydrogen) atoms. The molecule has 0 bridgehead atoms. The van der Waals surface area contributed by atoms with Gasteiger partial charge in [0.05, 0.1) is 5.69 Å². The first-order chi connectivity index (χ1) is 9.47. The van der Waals surface area contributed by atoms with Crippen molar-refractivity contribution in [3.63, 3.8) is 0 Å². The van der Waals surface area contributed by atoms with E-state index in [2.05, 4.69) is 4.98 Å². The van der Waals surface area contributed by atoms with Crippen LogP contribution in [0.15, 0.2) is 36.5 Å². The van der Waals surface area contributed by atoms with Crippen LogP contribution in [0, 0.1) is 6.92 Å². The number of hydrogen-bond donors (Lipinski definition) is 1. The molecule has 0 saturated heterocycles. The highest BCUT2D eigenvalue weighted by atomic mass is 16.5. The predicted octanol–water partition coefficient (Wildman–Crippen LogP) is 2.47. The van der Waals surface area contributed by atoms with Crippen molar-refractivity contribution in [3.8, 4) is 11.5 Å². The Kier molecular flexibility index (Phi) is 3.89. The number of rotatable bonds is 3. The molecule has 0 saturated carbocycles. The molecule has 104 valence electrons. The van der Waals surface area contributed by atoms with Gasteiger partial charge in [-0.15, -0.1) is 0 Å². The van der Waals surface area contributed by atoms with Crippen molar-refractivity contribution in [1.29, 1.82) is 0 Å². The second-order valence-corrected chi connectivity index (χ2v) is 4.72. The number of pyridine rings is 1. The van der Waals surface area contributed by atoms with Crippen LogP contribution < -0.4 is 10.5 Å². The van der Waals surface area contributed by atoms with E-state index in [1.807, 2.05) is 19.1 Å². The van der Waals surface area contributed by atoms with E-state index in [4.69, 9.17) is 10.5 Å². The van der Waals surface area contributed by atoms with Gasteiger partial charge in [0.2, 0.25) is 0 Å². The SMILES string of the molecule is Cc1ccc(Oc2ccnc(C(=O)N(C)C)c2)c(N)c1. The molecule has 0 radical (unpaired) electrons. The van der Waals surface area contributed by atoms with E-state index >= 15 is 0 Å². The molecule has 0 aliphatic heterocycles. The van der Waals surface area contributed by atoms with Crippen LogP contribution >= 0.6 is 0 Å². The van der Waals surface area contributed by atoms with E-state index in [-0.39, 0.29) is 5.91 Å². The highest BCUT2D eigenvalue weighted by molar-refractivity contribution is 5.92. The van der Waals surface area contributed by atoms with Gasteiger partial charge in [0.1, 0.15) is 17.2 Å². The molecule has 2 aromatic rings. The number of amides is 1. The Morgan fingerprint density at radius 1 is 1.25 bits per heavy atom. The average Bonchev–Trinajstić information content (AvgIpc) is 2.41. The highest BCUT2D eigenvalue weighted by Crippen LogP contribution is 2.28. The van der Waals surface area contributed by atoms with E-state index in [9.17, 15) is 4.79 Å². The summed E-state index contributed by atoms with van der Waals surface area (Å²) < 4.78 is 5.70. The summed E-state index contributed by atoms with van der Waals surface area (Å²) in [6.07, 6.45) is 1.54.